The van der Waals surface area contributed by atoms with Gasteiger partial charge in [-0.3, -0.25) is 4.98 Å². The minimum atomic E-state index is 0.531. The normalized spacial score (nSPS) is 9.90. The van der Waals surface area contributed by atoms with E-state index in [1.54, 1.807) is 6.20 Å². The second-order valence-electron chi connectivity index (χ2n) is 2.23. The highest BCUT2D eigenvalue weighted by molar-refractivity contribution is 6.33. The predicted octanol–water partition coefficient (Wildman–Crippen LogP) is 1.93. The molecular weight excluding hydrogens is 148 g/mol. The largest absolute Gasteiger partial charge is 0.397 e. The third kappa shape index (κ3) is 1.07. The highest BCUT2D eigenvalue weighted by Gasteiger charge is 2.01. The summed E-state index contributed by atoms with van der Waals surface area (Å²) in [5.41, 5.74) is 8.14. The van der Waals surface area contributed by atoms with E-state index in [4.69, 9.17) is 17.3 Å². The van der Waals surface area contributed by atoms with Crippen LogP contribution in [0.4, 0.5) is 5.69 Å². The lowest BCUT2D eigenvalue weighted by atomic mass is 10.2. The van der Waals surface area contributed by atoms with Gasteiger partial charge in [-0.05, 0) is 19.4 Å². The van der Waals surface area contributed by atoms with Crippen molar-refractivity contribution in [1.82, 2.24) is 4.98 Å². The zero-order valence-corrected chi connectivity index (χ0v) is 6.74. The average Bonchev–Trinajstić information content (AvgIpc) is 1.93. The minimum Gasteiger partial charge on any atom is -0.397 e. The molecule has 0 unspecified atom stereocenters. The molecule has 0 aromatic carbocycles. The topological polar surface area (TPSA) is 38.9 Å². The number of halogens is 1. The average molecular weight is 157 g/mol. The Morgan fingerprint density at radius 3 is 2.60 bits per heavy atom. The molecule has 0 aliphatic carbocycles. The third-order valence-corrected chi connectivity index (χ3v) is 1.88. The van der Waals surface area contributed by atoms with E-state index < -0.39 is 0 Å². The maximum Gasteiger partial charge on any atom is 0.0821 e. The van der Waals surface area contributed by atoms with Crippen molar-refractivity contribution in [3.63, 3.8) is 0 Å². The number of rotatable bonds is 0. The molecule has 2 N–H and O–H groups in total. The molecular formula is C7H9ClN2. The first-order chi connectivity index (χ1) is 4.63. The van der Waals surface area contributed by atoms with Crippen LogP contribution in [0.25, 0.3) is 0 Å². The van der Waals surface area contributed by atoms with Crippen molar-refractivity contribution in [3.8, 4) is 0 Å². The van der Waals surface area contributed by atoms with Crippen LogP contribution in [0, 0.1) is 13.8 Å². The van der Waals surface area contributed by atoms with Crippen molar-refractivity contribution < 1.29 is 0 Å². The Morgan fingerprint density at radius 1 is 1.50 bits per heavy atom. The van der Waals surface area contributed by atoms with E-state index >= 15 is 0 Å². The molecule has 2 nitrogen and oxygen atoms in total. The molecule has 0 aliphatic rings. The van der Waals surface area contributed by atoms with Gasteiger partial charge in [-0.2, -0.15) is 0 Å². The molecule has 0 amide bonds. The number of nitrogen functional groups attached to an aromatic ring is 1. The quantitative estimate of drug-likeness (QED) is 0.624. The molecule has 1 aromatic heterocycles. The van der Waals surface area contributed by atoms with Crippen LogP contribution >= 0.6 is 11.6 Å². The van der Waals surface area contributed by atoms with Crippen LogP contribution in [0.3, 0.4) is 0 Å². The highest BCUT2D eigenvalue weighted by atomic mass is 35.5. The summed E-state index contributed by atoms with van der Waals surface area (Å²) in [6.07, 6.45) is 1.57. The SMILES string of the molecule is Cc1ncc(Cl)c(N)c1C. The van der Waals surface area contributed by atoms with Gasteiger partial charge in [-0.15, -0.1) is 0 Å². The molecule has 54 valence electrons. The number of aromatic nitrogens is 1. The van der Waals surface area contributed by atoms with E-state index in [2.05, 4.69) is 4.98 Å². The summed E-state index contributed by atoms with van der Waals surface area (Å²) < 4.78 is 0. The molecule has 0 saturated carbocycles. The first kappa shape index (κ1) is 7.35. The van der Waals surface area contributed by atoms with Crippen LogP contribution in [0.15, 0.2) is 6.20 Å². The highest BCUT2D eigenvalue weighted by Crippen LogP contribution is 2.22. The molecule has 0 radical (unpaired) electrons. The first-order valence-electron chi connectivity index (χ1n) is 3.00. The summed E-state index contributed by atoms with van der Waals surface area (Å²) in [4.78, 5) is 4.03. The zero-order valence-electron chi connectivity index (χ0n) is 5.98. The van der Waals surface area contributed by atoms with Gasteiger partial charge in [0.05, 0.1) is 10.7 Å². The Morgan fingerprint density at radius 2 is 2.10 bits per heavy atom. The summed E-state index contributed by atoms with van der Waals surface area (Å²) in [6.45, 7) is 3.81. The molecule has 1 heterocycles. The van der Waals surface area contributed by atoms with Crippen molar-refractivity contribution in [2.45, 2.75) is 13.8 Å². The number of anilines is 1. The summed E-state index contributed by atoms with van der Waals surface area (Å²) in [7, 11) is 0. The zero-order chi connectivity index (χ0) is 7.72. The number of pyridine rings is 1. The van der Waals surface area contributed by atoms with Gasteiger partial charge in [0, 0.05) is 11.9 Å². The van der Waals surface area contributed by atoms with E-state index in [0.717, 1.165) is 11.3 Å². The van der Waals surface area contributed by atoms with Crippen LogP contribution < -0.4 is 5.73 Å². The number of hydrogen-bond acceptors (Lipinski definition) is 2. The second-order valence-corrected chi connectivity index (χ2v) is 2.64. The molecule has 1 rings (SSSR count). The molecule has 3 heteroatoms. The van der Waals surface area contributed by atoms with Gasteiger partial charge in [0.15, 0.2) is 0 Å². The molecule has 0 fully saturated rings. The Bertz CT molecular complexity index is 231. The number of hydrogen-bond donors (Lipinski definition) is 1. The van der Waals surface area contributed by atoms with Gasteiger partial charge in [0.2, 0.25) is 0 Å². The van der Waals surface area contributed by atoms with Gasteiger partial charge >= 0.3 is 0 Å². The number of nitrogens with two attached hydrogens (primary N) is 1. The van der Waals surface area contributed by atoms with Crippen molar-refractivity contribution in [3.05, 3.63) is 22.5 Å². The predicted molar refractivity (Wildman–Crippen MR) is 43.1 cm³/mol. The van der Waals surface area contributed by atoms with Crippen LogP contribution in [-0.2, 0) is 0 Å². The van der Waals surface area contributed by atoms with Gasteiger partial charge < -0.3 is 5.73 Å². The van der Waals surface area contributed by atoms with Crippen LogP contribution in [0.1, 0.15) is 11.3 Å². The van der Waals surface area contributed by atoms with Gasteiger partial charge in [0.25, 0.3) is 0 Å². The molecule has 10 heavy (non-hydrogen) atoms. The third-order valence-electron chi connectivity index (χ3n) is 1.58. The first-order valence-corrected chi connectivity index (χ1v) is 3.38. The Kier molecular flexibility index (Phi) is 1.81. The van der Waals surface area contributed by atoms with Gasteiger partial charge in [-0.1, -0.05) is 11.6 Å². The maximum absolute atomic E-state index is 5.70. The van der Waals surface area contributed by atoms with E-state index in [1.807, 2.05) is 13.8 Å². The fourth-order valence-corrected chi connectivity index (χ4v) is 0.884. The van der Waals surface area contributed by atoms with E-state index in [1.165, 1.54) is 0 Å². The monoisotopic (exact) mass is 156 g/mol. The fraction of sp³-hybridized carbons (Fsp3) is 0.286. The lowest BCUT2D eigenvalue weighted by Gasteiger charge is -2.03. The van der Waals surface area contributed by atoms with Gasteiger partial charge in [0.1, 0.15) is 0 Å². The summed E-state index contributed by atoms with van der Waals surface area (Å²) in [5.74, 6) is 0. The lowest BCUT2D eigenvalue weighted by Crippen LogP contribution is -1.95. The lowest BCUT2D eigenvalue weighted by molar-refractivity contribution is 1.15. The summed E-state index contributed by atoms with van der Waals surface area (Å²) in [6, 6.07) is 0. The Labute approximate surface area is 65.0 Å². The fourth-order valence-electron chi connectivity index (χ4n) is 0.694. The molecule has 0 aliphatic heterocycles. The molecule has 0 atom stereocenters. The standard InChI is InChI=1S/C7H9ClN2/c1-4-5(2)10-3-6(8)7(4)9/h3H,1-2H3,(H2,9,10). The van der Waals surface area contributed by atoms with E-state index in [-0.39, 0.29) is 0 Å². The van der Waals surface area contributed by atoms with Crippen LogP contribution in [0.2, 0.25) is 5.02 Å². The number of aryl methyl sites for hydroxylation is 1. The maximum atomic E-state index is 5.70. The van der Waals surface area contributed by atoms with Crippen molar-refractivity contribution >= 4 is 17.3 Å². The summed E-state index contributed by atoms with van der Waals surface area (Å²) in [5, 5.41) is 0.531. The molecule has 0 bridgehead atoms. The number of nitrogens with zero attached hydrogens (tertiary/aromatic N) is 1. The second kappa shape index (κ2) is 2.46. The van der Waals surface area contributed by atoms with E-state index in [9.17, 15) is 0 Å². The molecule has 1 aromatic rings. The van der Waals surface area contributed by atoms with Crippen molar-refractivity contribution in [2.75, 3.05) is 5.73 Å². The van der Waals surface area contributed by atoms with E-state index in [0.29, 0.717) is 10.7 Å². The Balaban J connectivity index is 3.34. The van der Waals surface area contributed by atoms with Crippen LogP contribution in [0.5, 0.6) is 0 Å². The molecule has 0 spiro atoms. The molecule has 0 saturated heterocycles. The van der Waals surface area contributed by atoms with Crippen molar-refractivity contribution in [1.29, 1.82) is 0 Å². The van der Waals surface area contributed by atoms with Gasteiger partial charge in [-0.25, -0.2) is 0 Å². The van der Waals surface area contributed by atoms with Crippen LogP contribution in [-0.4, -0.2) is 4.98 Å². The smallest absolute Gasteiger partial charge is 0.0821 e. The Hall–Kier alpha value is -0.760. The van der Waals surface area contributed by atoms with Crippen molar-refractivity contribution in [2.24, 2.45) is 0 Å². The minimum absolute atomic E-state index is 0.531. The summed E-state index contributed by atoms with van der Waals surface area (Å²) >= 11 is 5.70.